The molecule has 1 aliphatic rings. The van der Waals surface area contributed by atoms with E-state index in [9.17, 15) is 0 Å². The van der Waals surface area contributed by atoms with Crippen LogP contribution in [-0.2, 0) is 17.7 Å². The van der Waals surface area contributed by atoms with Crippen molar-refractivity contribution < 1.29 is 4.74 Å². The van der Waals surface area contributed by atoms with Crippen LogP contribution in [0, 0.1) is 5.41 Å². The van der Waals surface area contributed by atoms with E-state index in [0.29, 0.717) is 12.6 Å². The third kappa shape index (κ3) is 5.46. The highest BCUT2D eigenvalue weighted by atomic mass is 35.5. The Morgan fingerprint density at radius 1 is 1.28 bits per heavy atom. The van der Waals surface area contributed by atoms with Crippen LogP contribution < -0.4 is 0 Å². The average Bonchev–Trinajstić information content (AvgIpc) is 3.17. The highest BCUT2D eigenvalue weighted by Crippen LogP contribution is 2.37. The van der Waals surface area contributed by atoms with Gasteiger partial charge in [0.15, 0.2) is 0 Å². The minimum atomic E-state index is 0.0149. The summed E-state index contributed by atoms with van der Waals surface area (Å²) in [5.74, 6) is 0.902. The van der Waals surface area contributed by atoms with Gasteiger partial charge in [0.25, 0.3) is 0 Å². The molecule has 1 aromatic heterocycles. The van der Waals surface area contributed by atoms with E-state index in [2.05, 4.69) is 54.7 Å². The summed E-state index contributed by atoms with van der Waals surface area (Å²) in [4.78, 5) is 5.98. The second-order valence-electron chi connectivity index (χ2n) is 8.73. The number of aromatic amines is 1. The van der Waals surface area contributed by atoms with Crippen molar-refractivity contribution in [2.45, 2.75) is 65.5 Å². The van der Waals surface area contributed by atoms with Gasteiger partial charge >= 0.3 is 0 Å². The molecule has 1 unspecified atom stereocenters. The molecule has 0 aliphatic carbocycles. The Labute approximate surface area is 181 Å². The zero-order valence-electron chi connectivity index (χ0n) is 18.1. The summed E-state index contributed by atoms with van der Waals surface area (Å²) < 4.78 is 5.67. The molecule has 158 valence electrons. The van der Waals surface area contributed by atoms with Crippen LogP contribution in [0.1, 0.15) is 69.3 Å². The number of H-pyrrole nitrogens is 1. The zero-order valence-corrected chi connectivity index (χ0v) is 18.9. The summed E-state index contributed by atoms with van der Waals surface area (Å²) in [7, 11) is 0. The molecule has 1 N–H and O–H groups in total. The Kier molecular flexibility index (Phi) is 7.48. The number of aromatic nitrogens is 1. The predicted octanol–water partition coefficient (Wildman–Crippen LogP) is 6.90. The van der Waals surface area contributed by atoms with Crippen LogP contribution >= 0.6 is 11.6 Å². The van der Waals surface area contributed by atoms with E-state index in [1.807, 2.05) is 19.1 Å². The maximum atomic E-state index is 6.62. The summed E-state index contributed by atoms with van der Waals surface area (Å²) in [6.45, 7) is 13.3. The minimum Gasteiger partial charge on any atom is -0.498 e. The first kappa shape index (κ1) is 22.0. The first-order chi connectivity index (χ1) is 13.9. The van der Waals surface area contributed by atoms with Crippen molar-refractivity contribution in [3.8, 4) is 0 Å². The molecular formula is C25H35ClN2O. The lowest BCUT2D eigenvalue weighted by atomic mass is 9.84. The molecule has 0 radical (unpaired) electrons. The molecule has 3 nitrogen and oxygen atoms in total. The lowest BCUT2D eigenvalue weighted by Gasteiger charge is -2.35. The highest BCUT2D eigenvalue weighted by Gasteiger charge is 2.27. The Balaban J connectivity index is 1.65. The van der Waals surface area contributed by atoms with Gasteiger partial charge in [0.1, 0.15) is 0 Å². The van der Waals surface area contributed by atoms with Crippen LogP contribution in [0.4, 0.5) is 0 Å². The lowest BCUT2D eigenvalue weighted by Crippen LogP contribution is -2.34. The molecule has 3 rings (SSSR count). The maximum Gasteiger partial charge on any atom is 0.0944 e. The Hall–Kier alpha value is -1.71. The molecule has 0 bridgehead atoms. The van der Waals surface area contributed by atoms with Gasteiger partial charge in [-0.15, -0.1) is 0 Å². The summed E-state index contributed by atoms with van der Waals surface area (Å²) in [5, 5.41) is 0.877. The highest BCUT2D eigenvalue weighted by molar-refractivity contribution is 6.31. The van der Waals surface area contributed by atoms with Gasteiger partial charge in [-0.1, -0.05) is 63.1 Å². The number of halogens is 1. The van der Waals surface area contributed by atoms with E-state index in [4.69, 9.17) is 16.3 Å². The molecular weight excluding hydrogens is 380 g/mol. The Morgan fingerprint density at radius 3 is 2.83 bits per heavy atom. The molecule has 2 aromatic rings. The predicted molar refractivity (Wildman–Crippen MR) is 122 cm³/mol. The topological polar surface area (TPSA) is 28.3 Å². The van der Waals surface area contributed by atoms with Crippen molar-refractivity contribution in [2.24, 2.45) is 5.41 Å². The second kappa shape index (κ2) is 9.86. The van der Waals surface area contributed by atoms with Crippen molar-refractivity contribution in [3.63, 3.8) is 0 Å². The maximum absolute atomic E-state index is 6.62. The van der Waals surface area contributed by atoms with E-state index < -0.39 is 0 Å². The van der Waals surface area contributed by atoms with E-state index in [-0.39, 0.29) is 5.41 Å². The summed E-state index contributed by atoms with van der Waals surface area (Å²) >= 11 is 6.62. The quantitative estimate of drug-likeness (QED) is 0.338. The monoisotopic (exact) mass is 414 g/mol. The van der Waals surface area contributed by atoms with Crippen LogP contribution in [-0.4, -0.2) is 23.0 Å². The number of benzene rings is 1. The van der Waals surface area contributed by atoms with Gasteiger partial charge in [-0.3, -0.25) is 4.90 Å². The van der Waals surface area contributed by atoms with E-state index in [1.165, 1.54) is 16.8 Å². The van der Waals surface area contributed by atoms with Crippen LogP contribution in [0.5, 0.6) is 0 Å². The van der Waals surface area contributed by atoms with Gasteiger partial charge in [0, 0.05) is 47.9 Å². The minimum absolute atomic E-state index is 0.0149. The molecule has 1 aliphatic heterocycles. The van der Waals surface area contributed by atoms with Gasteiger partial charge in [-0.2, -0.15) is 0 Å². The normalized spacial score (nSPS) is 15.7. The number of rotatable bonds is 10. The first-order valence-corrected chi connectivity index (χ1v) is 11.3. The largest absolute Gasteiger partial charge is 0.498 e. The van der Waals surface area contributed by atoms with Crippen LogP contribution in [0.15, 0.2) is 48.9 Å². The van der Waals surface area contributed by atoms with Gasteiger partial charge in [0.05, 0.1) is 12.4 Å². The molecule has 4 heteroatoms. The van der Waals surface area contributed by atoms with E-state index in [1.54, 1.807) is 0 Å². The molecule has 0 saturated carbocycles. The fraction of sp³-hybridized carbons (Fsp3) is 0.520. The third-order valence-corrected chi connectivity index (χ3v) is 6.60. The molecule has 29 heavy (non-hydrogen) atoms. The van der Waals surface area contributed by atoms with Crippen molar-refractivity contribution in [2.75, 3.05) is 13.2 Å². The van der Waals surface area contributed by atoms with Crippen LogP contribution in [0.2, 0.25) is 5.02 Å². The number of nitrogens with one attached hydrogen (secondary N) is 1. The van der Waals surface area contributed by atoms with Crippen molar-refractivity contribution >= 4 is 11.6 Å². The van der Waals surface area contributed by atoms with Crippen molar-refractivity contribution in [1.29, 1.82) is 0 Å². The number of hydrogen-bond acceptors (Lipinski definition) is 2. The number of unbranched alkanes of at least 4 members (excludes halogenated alkanes) is 1. The summed E-state index contributed by atoms with van der Waals surface area (Å²) in [6, 6.07) is 10.9. The van der Waals surface area contributed by atoms with E-state index >= 15 is 0 Å². The van der Waals surface area contributed by atoms with Gasteiger partial charge in [-0.25, -0.2) is 0 Å². The van der Waals surface area contributed by atoms with Crippen LogP contribution in [0.3, 0.4) is 0 Å². The number of hydrogen-bond donors (Lipinski definition) is 1. The SMILES string of the molecule is C=C(OCC)C(C)(C)CCCCC(c1ccccc1Cl)N1CCc2[nH]ccc2C1. The molecule has 0 saturated heterocycles. The average molecular weight is 415 g/mol. The number of nitrogens with zero attached hydrogens (tertiary/aromatic N) is 1. The van der Waals surface area contributed by atoms with Crippen LogP contribution in [0.25, 0.3) is 0 Å². The van der Waals surface area contributed by atoms with Gasteiger partial charge in [0.2, 0.25) is 0 Å². The summed E-state index contributed by atoms with van der Waals surface area (Å²) in [5.41, 5.74) is 4.07. The second-order valence-corrected chi connectivity index (χ2v) is 9.13. The fourth-order valence-corrected chi connectivity index (χ4v) is 4.59. The number of ether oxygens (including phenoxy) is 1. The molecule has 0 spiro atoms. The molecule has 2 heterocycles. The molecule has 1 aromatic carbocycles. The van der Waals surface area contributed by atoms with Gasteiger partial charge in [-0.05, 0) is 43.0 Å². The zero-order chi connectivity index (χ0) is 20.9. The van der Waals surface area contributed by atoms with Crippen molar-refractivity contribution in [1.82, 2.24) is 9.88 Å². The summed E-state index contributed by atoms with van der Waals surface area (Å²) in [6.07, 6.45) is 7.65. The molecule has 0 fully saturated rings. The smallest absolute Gasteiger partial charge is 0.0944 e. The number of allylic oxidation sites excluding steroid dienone is 1. The Morgan fingerprint density at radius 2 is 2.07 bits per heavy atom. The first-order valence-electron chi connectivity index (χ1n) is 10.9. The third-order valence-electron chi connectivity index (χ3n) is 6.26. The fourth-order valence-electron chi connectivity index (χ4n) is 4.33. The lowest BCUT2D eigenvalue weighted by molar-refractivity contribution is 0.143. The van der Waals surface area contributed by atoms with E-state index in [0.717, 1.165) is 56.0 Å². The Bertz CT molecular complexity index is 811. The van der Waals surface area contributed by atoms with Gasteiger partial charge < -0.3 is 9.72 Å². The molecule has 1 atom stereocenters. The standard InChI is InChI=1S/C25H35ClN2O/c1-5-29-19(2)25(3,4)15-9-8-12-24(21-10-6-7-11-22(21)26)28-17-14-23-20(18-28)13-16-27-23/h6-7,10-11,13,16,24,27H,2,5,8-9,12,14-15,17-18H2,1,3-4H3. The van der Waals surface area contributed by atoms with Crippen molar-refractivity contribution in [3.05, 3.63) is 70.7 Å². The molecule has 0 amide bonds. The number of fused-ring (bicyclic) bond motifs is 1.